The number of rotatable bonds is 3. The highest BCUT2D eigenvalue weighted by molar-refractivity contribution is 5.94. The molecule has 0 bridgehead atoms. The standard InChI is InChI=1S/C21H27FN4O/c1-13-6-7-19(17(22)11-13)26-18-5-3-4-16(18)20(24-26)21(27)25-9-8-14(2)10-15(25)12-23/h6-7,11,14-15H,3-5,8-10,12,23H2,1-2H3. The Morgan fingerprint density at radius 3 is 2.93 bits per heavy atom. The lowest BCUT2D eigenvalue weighted by atomic mass is 9.92. The molecule has 1 fully saturated rings. The van der Waals surface area contributed by atoms with Gasteiger partial charge in [-0.1, -0.05) is 13.0 Å². The van der Waals surface area contributed by atoms with Crippen LogP contribution in [0, 0.1) is 18.7 Å². The van der Waals surface area contributed by atoms with Gasteiger partial charge in [-0.05, 0) is 62.6 Å². The number of fused-ring (bicyclic) bond motifs is 1. The number of nitrogens with two attached hydrogens (primary N) is 1. The molecule has 1 aliphatic carbocycles. The van der Waals surface area contributed by atoms with Gasteiger partial charge in [-0.25, -0.2) is 9.07 Å². The normalized spacial score (nSPS) is 22.1. The van der Waals surface area contributed by atoms with E-state index in [0.717, 1.165) is 48.9 Å². The highest BCUT2D eigenvalue weighted by atomic mass is 19.1. The lowest BCUT2D eigenvalue weighted by Crippen LogP contribution is -2.49. The summed E-state index contributed by atoms with van der Waals surface area (Å²) in [7, 11) is 0. The Hall–Kier alpha value is -2.21. The summed E-state index contributed by atoms with van der Waals surface area (Å²) in [5, 5.41) is 4.60. The van der Waals surface area contributed by atoms with Crippen LogP contribution in [0.2, 0.25) is 0 Å². The van der Waals surface area contributed by atoms with E-state index in [-0.39, 0.29) is 17.8 Å². The van der Waals surface area contributed by atoms with Crippen molar-refractivity contribution >= 4 is 5.91 Å². The van der Waals surface area contributed by atoms with Gasteiger partial charge in [0.15, 0.2) is 5.69 Å². The molecule has 0 saturated carbocycles. The van der Waals surface area contributed by atoms with Crippen molar-refractivity contribution in [2.24, 2.45) is 11.7 Å². The molecule has 2 aromatic rings. The number of aromatic nitrogens is 2. The van der Waals surface area contributed by atoms with Crippen LogP contribution in [0.3, 0.4) is 0 Å². The van der Waals surface area contributed by atoms with E-state index in [0.29, 0.717) is 30.4 Å². The van der Waals surface area contributed by atoms with E-state index in [9.17, 15) is 9.18 Å². The molecule has 4 rings (SSSR count). The summed E-state index contributed by atoms with van der Waals surface area (Å²) >= 11 is 0. The number of carbonyl (C=O) groups excluding carboxylic acids is 1. The molecular weight excluding hydrogens is 343 g/mol. The number of hydrogen-bond donors (Lipinski definition) is 1. The van der Waals surface area contributed by atoms with Crippen molar-refractivity contribution in [2.75, 3.05) is 13.1 Å². The molecule has 2 heterocycles. The number of likely N-dealkylation sites (tertiary alicyclic amines) is 1. The zero-order valence-corrected chi connectivity index (χ0v) is 16.0. The van der Waals surface area contributed by atoms with E-state index in [1.165, 1.54) is 6.07 Å². The minimum atomic E-state index is -0.308. The zero-order chi connectivity index (χ0) is 19.1. The first-order valence-electron chi connectivity index (χ1n) is 9.88. The molecule has 1 saturated heterocycles. The number of benzene rings is 1. The minimum absolute atomic E-state index is 0.0539. The molecule has 1 aromatic carbocycles. The quantitative estimate of drug-likeness (QED) is 0.903. The van der Waals surface area contributed by atoms with Crippen molar-refractivity contribution < 1.29 is 9.18 Å². The molecule has 2 unspecified atom stereocenters. The predicted molar refractivity (Wildman–Crippen MR) is 103 cm³/mol. The minimum Gasteiger partial charge on any atom is -0.333 e. The van der Waals surface area contributed by atoms with Gasteiger partial charge >= 0.3 is 0 Å². The van der Waals surface area contributed by atoms with Gasteiger partial charge in [0.25, 0.3) is 5.91 Å². The predicted octanol–water partition coefficient (Wildman–Crippen LogP) is 3.01. The summed E-state index contributed by atoms with van der Waals surface area (Å²) in [6, 6.07) is 5.19. The van der Waals surface area contributed by atoms with Gasteiger partial charge in [-0.2, -0.15) is 5.10 Å². The van der Waals surface area contributed by atoms with Gasteiger partial charge < -0.3 is 10.6 Å². The molecular formula is C21H27FN4O. The molecule has 6 heteroatoms. The molecule has 1 aliphatic heterocycles. The van der Waals surface area contributed by atoms with E-state index in [4.69, 9.17) is 5.73 Å². The fourth-order valence-electron chi connectivity index (χ4n) is 4.47. The van der Waals surface area contributed by atoms with Crippen molar-refractivity contribution in [3.05, 3.63) is 46.5 Å². The number of piperidine rings is 1. The molecule has 5 nitrogen and oxygen atoms in total. The third-order valence-corrected chi connectivity index (χ3v) is 5.98. The molecule has 2 aliphatic rings. The van der Waals surface area contributed by atoms with Crippen LogP contribution in [0.1, 0.15) is 53.5 Å². The van der Waals surface area contributed by atoms with Gasteiger partial charge in [-0.3, -0.25) is 4.79 Å². The van der Waals surface area contributed by atoms with Crippen LogP contribution < -0.4 is 5.73 Å². The second-order valence-electron chi connectivity index (χ2n) is 8.01. The third kappa shape index (κ3) is 3.16. The fraction of sp³-hybridized carbons (Fsp3) is 0.524. The highest BCUT2D eigenvalue weighted by Gasteiger charge is 2.34. The van der Waals surface area contributed by atoms with Gasteiger partial charge in [-0.15, -0.1) is 0 Å². The zero-order valence-electron chi connectivity index (χ0n) is 16.0. The SMILES string of the molecule is Cc1ccc(-n2nc(C(=O)N3CCC(C)CC3CN)c3c2CCC3)c(F)c1. The smallest absolute Gasteiger partial charge is 0.274 e. The summed E-state index contributed by atoms with van der Waals surface area (Å²) in [6.45, 7) is 5.24. The molecule has 1 aromatic heterocycles. The molecule has 144 valence electrons. The Morgan fingerprint density at radius 1 is 1.37 bits per heavy atom. The maximum Gasteiger partial charge on any atom is 0.274 e. The monoisotopic (exact) mass is 370 g/mol. The maximum atomic E-state index is 14.6. The number of aryl methyl sites for hydroxylation is 1. The van der Waals surface area contributed by atoms with Crippen LogP contribution in [-0.4, -0.2) is 39.7 Å². The Morgan fingerprint density at radius 2 is 2.19 bits per heavy atom. The van der Waals surface area contributed by atoms with Crippen LogP contribution in [-0.2, 0) is 12.8 Å². The fourth-order valence-corrected chi connectivity index (χ4v) is 4.47. The Bertz CT molecular complexity index is 875. The van der Waals surface area contributed by atoms with E-state index >= 15 is 0 Å². The average molecular weight is 370 g/mol. The van der Waals surface area contributed by atoms with Crippen molar-refractivity contribution in [3.63, 3.8) is 0 Å². The molecule has 2 atom stereocenters. The summed E-state index contributed by atoms with van der Waals surface area (Å²) < 4.78 is 16.2. The first-order valence-corrected chi connectivity index (χ1v) is 9.88. The summed E-state index contributed by atoms with van der Waals surface area (Å²) in [6.07, 6.45) is 4.52. The van der Waals surface area contributed by atoms with Gasteiger partial charge in [0.05, 0.1) is 0 Å². The molecule has 0 spiro atoms. The maximum absolute atomic E-state index is 14.6. The van der Waals surface area contributed by atoms with Crippen LogP contribution in [0.25, 0.3) is 5.69 Å². The first kappa shape index (κ1) is 18.2. The second-order valence-corrected chi connectivity index (χ2v) is 8.01. The van der Waals surface area contributed by atoms with Crippen LogP contribution in [0.4, 0.5) is 4.39 Å². The number of nitrogens with zero attached hydrogens (tertiary/aromatic N) is 3. The van der Waals surface area contributed by atoms with E-state index in [1.54, 1.807) is 10.7 Å². The highest BCUT2D eigenvalue weighted by Crippen LogP contribution is 2.31. The third-order valence-electron chi connectivity index (χ3n) is 5.98. The van der Waals surface area contributed by atoms with Crippen LogP contribution in [0.15, 0.2) is 18.2 Å². The van der Waals surface area contributed by atoms with Crippen molar-refractivity contribution in [1.29, 1.82) is 0 Å². The van der Waals surface area contributed by atoms with E-state index in [1.807, 2.05) is 17.9 Å². The topological polar surface area (TPSA) is 64.2 Å². The van der Waals surface area contributed by atoms with Crippen LogP contribution in [0.5, 0.6) is 0 Å². The van der Waals surface area contributed by atoms with E-state index in [2.05, 4.69) is 12.0 Å². The summed E-state index contributed by atoms with van der Waals surface area (Å²) in [4.78, 5) is 15.2. The lowest BCUT2D eigenvalue weighted by Gasteiger charge is -2.37. The summed E-state index contributed by atoms with van der Waals surface area (Å²) in [5.74, 6) is 0.215. The Kier molecular flexibility index (Phi) is 4.76. The number of halogens is 1. The lowest BCUT2D eigenvalue weighted by molar-refractivity contribution is 0.0566. The largest absolute Gasteiger partial charge is 0.333 e. The molecule has 0 radical (unpaired) electrons. The van der Waals surface area contributed by atoms with Gasteiger partial charge in [0.2, 0.25) is 0 Å². The van der Waals surface area contributed by atoms with E-state index < -0.39 is 0 Å². The number of carbonyl (C=O) groups is 1. The van der Waals surface area contributed by atoms with Crippen LogP contribution >= 0.6 is 0 Å². The Balaban J connectivity index is 1.73. The van der Waals surface area contributed by atoms with Crippen molar-refractivity contribution in [3.8, 4) is 5.69 Å². The average Bonchev–Trinajstić information content (AvgIpc) is 3.24. The van der Waals surface area contributed by atoms with Crippen molar-refractivity contribution in [1.82, 2.24) is 14.7 Å². The first-order chi connectivity index (χ1) is 13.0. The Labute approximate surface area is 159 Å². The van der Waals surface area contributed by atoms with Crippen molar-refractivity contribution in [2.45, 2.75) is 52.0 Å². The molecule has 1 amide bonds. The molecule has 2 N–H and O–H groups in total. The number of hydrogen-bond acceptors (Lipinski definition) is 3. The van der Waals surface area contributed by atoms with Gasteiger partial charge in [0, 0.05) is 30.4 Å². The second kappa shape index (κ2) is 7.08. The summed E-state index contributed by atoms with van der Waals surface area (Å²) in [5.41, 5.74) is 9.66. The molecule has 27 heavy (non-hydrogen) atoms. The number of amides is 1. The van der Waals surface area contributed by atoms with Gasteiger partial charge in [0.1, 0.15) is 11.5 Å².